The Bertz CT molecular complexity index is 673. The third kappa shape index (κ3) is 3.96. The molecule has 6 nitrogen and oxygen atoms in total. The molecule has 1 aliphatic carbocycles. The van der Waals surface area contributed by atoms with Crippen LogP contribution >= 0.6 is 0 Å². The Balaban J connectivity index is 1.50. The molecule has 2 aliphatic heterocycles. The van der Waals surface area contributed by atoms with E-state index < -0.39 is 0 Å². The number of rotatable bonds is 3. The van der Waals surface area contributed by atoms with Gasteiger partial charge in [-0.05, 0) is 39.0 Å². The fraction of sp³-hybridized carbons (Fsp3) is 0.800. The Morgan fingerprint density at radius 2 is 1.88 bits per heavy atom. The first-order valence-electron chi connectivity index (χ1n) is 10.3. The molecular weight excluding hydrogens is 328 g/mol. The molecule has 0 bridgehead atoms. The number of hydrogen-bond acceptors (Lipinski definition) is 5. The maximum Gasteiger partial charge on any atom is 0.255 e. The Labute approximate surface area is 155 Å². The van der Waals surface area contributed by atoms with Crippen LogP contribution in [0.5, 0.6) is 0 Å². The van der Waals surface area contributed by atoms with Crippen LogP contribution in [0, 0.1) is 5.92 Å². The van der Waals surface area contributed by atoms with Crippen LogP contribution in [0.15, 0.2) is 4.79 Å². The fourth-order valence-corrected chi connectivity index (χ4v) is 4.87. The number of anilines is 1. The topological polar surface area (TPSA) is 61.5 Å². The molecule has 4 rings (SSSR count). The largest absolute Gasteiger partial charge is 0.372 e. The van der Waals surface area contributed by atoms with Crippen molar-refractivity contribution in [3.05, 3.63) is 21.6 Å². The zero-order valence-corrected chi connectivity index (χ0v) is 16.2. The van der Waals surface area contributed by atoms with Crippen LogP contribution in [0.25, 0.3) is 0 Å². The van der Waals surface area contributed by atoms with Crippen molar-refractivity contribution in [1.82, 2.24) is 14.9 Å². The highest BCUT2D eigenvalue weighted by molar-refractivity contribution is 5.35. The number of nitrogens with one attached hydrogen (secondary N) is 1. The molecule has 0 spiro atoms. The molecule has 1 N–H and O–H groups in total. The van der Waals surface area contributed by atoms with E-state index in [0.29, 0.717) is 0 Å². The third-order valence-corrected chi connectivity index (χ3v) is 6.10. The van der Waals surface area contributed by atoms with E-state index in [-0.39, 0.29) is 17.8 Å². The first-order chi connectivity index (χ1) is 12.6. The van der Waals surface area contributed by atoms with Gasteiger partial charge in [-0.1, -0.05) is 19.3 Å². The van der Waals surface area contributed by atoms with Crippen LogP contribution in [-0.2, 0) is 17.7 Å². The summed E-state index contributed by atoms with van der Waals surface area (Å²) in [7, 11) is 0. The van der Waals surface area contributed by atoms with Crippen molar-refractivity contribution >= 4 is 5.95 Å². The van der Waals surface area contributed by atoms with Crippen molar-refractivity contribution in [2.24, 2.45) is 5.92 Å². The summed E-state index contributed by atoms with van der Waals surface area (Å²) in [6.07, 6.45) is 8.01. The molecule has 2 atom stereocenters. The highest BCUT2D eigenvalue weighted by atomic mass is 16.5. The van der Waals surface area contributed by atoms with Gasteiger partial charge in [-0.25, -0.2) is 4.98 Å². The Kier molecular flexibility index (Phi) is 5.32. The summed E-state index contributed by atoms with van der Waals surface area (Å²) in [6, 6.07) is 0. The van der Waals surface area contributed by atoms with E-state index >= 15 is 0 Å². The molecule has 0 aromatic carbocycles. The highest BCUT2D eigenvalue weighted by Crippen LogP contribution is 2.26. The standard InChI is InChI=1S/C20H32N4O2/c1-14-10-24(11-15(2)26-14)20-21-18-13-23(9-8-17(18)19(25)22-20)12-16-6-4-3-5-7-16/h14-16H,3-13H2,1-2H3,(H,21,22,25)/t14-,15-/m0/s1. The van der Waals surface area contributed by atoms with Crippen molar-refractivity contribution in [2.75, 3.05) is 31.1 Å². The summed E-state index contributed by atoms with van der Waals surface area (Å²) in [5.41, 5.74) is 1.93. The predicted molar refractivity (Wildman–Crippen MR) is 103 cm³/mol. The lowest BCUT2D eigenvalue weighted by atomic mass is 9.88. The van der Waals surface area contributed by atoms with E-state index in [1.807, 2.05) is 0 Å². The van der Waals surface area contributed by atoms with Gasteiger partial charge in [0.1, 0.15) is 0 Å². The first kappa shape index (κ1) is 18.0. The van der Waals surface area contributed by atoms with E-state index in [1.165, 1.54) is 32.1 Å². The second-order valence-electron chi connectivity index (χ2n) is 8.47. The van der Waals surface area contributed by atoms with Gasteiger partial charge >= 0.3 is 0 Å². The molecule has 1 aromatic heterocycles. The maximum absolute atomic E-state index is 12.6. The SMILES string of the molecule is C[C@H]1CN(c2nc3c(c(=O)[nH]2)CCN(CC2CCCCC2)C3)C[C@H](C)O1. The zero-order valence-electron chi connectivity index (χ0n) is 16.2. The van der Waals surface area contributed by atoms with Crippen LogP contribution in [0.3, 0.4) is 0 Å². The quantitative estimate of drug-likeness (QED) is 0.896. The second kappa shape index (κ2) is 7.69. The van der Waals surface area contributed by atoms with Gasteiger partial charge in [-0.3, -0.25) is 14.7 Å². The number of ether oxygens (including phenoxy) is 1. The lowest BCUT2D eigenvalue weighted by molar-refractivity contribution is -0.00576. The van der Waals surface area contributed by atoms with Gasteiger partial charge in [-0.15, -0.1) is 0 Å². The van der Waals surface area contributed by atoms with Gasteiger partial charge in [0.05, 0.1) is 17.9 Å². The van der Waals surface area contributed by atoms with Crippen LogP contribution in [0.4, 0.5) is 5.95 Å². The first-order valence-corrected chi connectivity index (χ1v) is 10.3. The summed E-state index contributed by atoms with van der Waals surface area (Å²) in [6.45, 7) is 8.66. The number of morpholine rings is 1. The Morgan fingerprint density at radius 3 is 2.62 bits per heavy atom. The minimum atomic E-state index is 0.0501. The molecule has 1 saturated carbocycles. The zero-order chi connectivity index (χ0) is 18.1. The predicted octanol–water partition coefficient (Wildman–Crippen LogP) is 2.32. The van der Waals surface area contributed by atoms with Crippen LogP contribution in [0.1, 0.15) is 57.2 Å². The highest BCUT2D eigenvalue weighted by Gasteiger charge is 2.27. The molecule has 0 unspecified atom stereocenters. The maximum atomic E-state index is 12.6. The molecule has 144 valence electrons. The van der Waals surface area contributed by atoms with Gasteiger partial charge in [0.2, 0.25) is 5.95 Å². The number of hydrogen-bond donors (Lipinski definition) is 1. The van der Waals surface area contributed by atoms with Crippen LogP contribution < -0.4 is 10.5 Å². The summed E-state index contributed by atoms with van der Waals surface area (Å²) in [4.78, 5) is 25.2. The molecule has 3 aliphatic rings. The van der Waals surface area contributed by atoms with Gasteiger partial charge in [0.15, 0.2) is 0 Å². The molecule has 6 heteroatoms. The third-order valence-electron chi connectivity index (χ3n) is 6.10. The minimum absolute atomic E-state index is 0.0501. The number of nitrogens with zero attached hydrogens (tertiary/aromatic N) is 3. The average Bonchev–Trinajstić information content (AvgIpc) is 2.61. The van der Waals surface area contributed by atoms with Crippen molar-refractivity contribution in [3.63, 3.8) is 0 Å². The summed E-state index contributed by atoms with van der Waals surface area (Å²) >= 11 is 0. The van der Waals surface area contributed by atoms with E-state index in [4.69, 9.17) is 9.72 Å². The lowest BCUT2D eigenvalue weighted by Crippen LogP contribution is -2.47. The van der Waals surface area contributed by atoms with Gasteiger partial charge in [0, 0.05) is 38.3 Å². The monoisotopic (exact) mass is 360 g/mol. The summed E-state index contributed by atoms with van der Waals surface area (Å²) < 4.78 is 5.81. The van der Waals surface area contributed by atoms with E-state index in [1.54, 1.807) is 0 Å². The van der Waals surface area contributed by atoms with Crippen molar-refractivity contribution in [1.29, 1.82) is 0 Å². The van der Waals surface area contributed by atoms with E-state index in [0.717, 1.165) is 62.3 Å². The molecule has 3 heterocycles. The van der Waals surface area contributed by atoms with Gasteiger partial charge in [-0.2, -0.15) is 0 Å². The lowest BCUT2D eigenvalue weighted by Gasteiger charge is -2.36. The Hall–Kier alpha value is -1.40. The molecule has 0 radical (unpaired) electrons. The number of aromatic amines is 1. The van der Waals surface area contributed by atoms with E-state index in [9.17, 15) is 4.79 Å². The fourth-order valence-electron chi connectivity index (χ4n) is 4.87. The van der Waals surface area contributed by atoms with Crippen LogP contribution in [-0.4, -0.2) is 53.3 Å². The smallest absolute Gasteiger partial charge is 0.255 e. The van der Waals surface area contributed by atoms with Crippen molar-refractivity contribution in [2.45, 2.75) is 71.1 Å². The van der Waals surface area contributed by atoms with E-state index in [2.05, 4.69) is 28.6 Å². The van der Waals surface area contributed by atoms with Crippen molar-refractivity contribution < 1.29 is 4.74 Å². The molecule has 1 saturated heterocycles. The Morgan fingerprint density at radius 1 is 1.15 bits per heavy atom. The minimum Gasteiger partial charge on any atom is -0.372 e. The molecular formula is C20H32N4O2. The molecule has 2 fully saturated rings. The van der Waals surface area contributed by atoms with Gasteiger partial charge in [0.25, 0.3) is 5.56 Å². The number of fused-ring (bicyclic) bond motifs is 1. The number of H-pyrrole nitrogens is 1. The molecule has 1 aromatic rings. The molecule has 26 heavy (non-hydrogen) atoms. The normalized spacial score (nSPS) is 28.2. The van der Waals surface area contributed by atoms with Crippen LogP contribution in [0.2, 0.25) is 0 Å². The molecule has 0 amide bonds. The number of aromatic nitrogens is 2. The van der Waals surface area contributed by atoms with Crippen molar-refractivity contribution in [3.8, 4) is 0 Å². The van der Waals surface area contributed by atoms with Gasteiger partial charge < -0.3 is 9.64 Å². The second-order valence-corrected chi connectivity index (χ2v) is 8.47. The average molecular weight is 361 g/mol. The summed E-state index contributed by atoms with van der Waals surface area (Å²) in [5, 5.41) is 0. The summed E-state index contributed by atoms with van der Waals surface area (Å²) in [5.74, 6) is 1.54.